The van der Waals surface area contributed by atoms with Crippen LogP contribution in [0.2, 0.25) is 0 Å². The first kappa shape index (κ1) is 16.4. The van der Waals surface area contributed by atoms with Crippen LogP contribution in [0.4, 0.5) is 26.3 Å². The van der Waals surface area contributed by atoms with E-state index in [9.17, 15) is 26.3 Å². The molecule has 0 aliphatic heterocycles. The van der Waals surface area contributed by atoms with Crippen LogP contribution in [0.25, 0.3) is 11.3 Å². The summed E-state index contributed by atoms with van der Waals surface area (Å²) in [5.74, 6) is 0.0561. The van der Waals surface area contributed by atoms with Gasteiger partial charge in [0.2, 0.25) is 0 Å². The van der Waals surface area contributed by atoms with Gasteiger partial charge >= 0.3 is 12.4 Å². The maximum absolute atomic E-state index is 13.0. The molecule has 120 valence electrons. The smallest absolute Gasteiger partial charge is 0.417 e. The van der Waals surface area contributed by atoms with Gasteiger partial charge < -0.3 is 4.42 Å². The largest absolute Gasteiger partial charge is 0.448 e. The van der Waals surface area contributed by atoms with Gasteiger partial charge in [0.05, 0.1) is 11.1 Å². The Hall–Kier alpha value is -1.99. The number of rotatable bonds is 2. The van der Waals surface area contributed by atoms with Crippen molar-refractivity contribution in [1.82, 2.24) is 4.98 Å². The van der Waals surface area contributed by atoms with E-state index in [0.29, 0.717) is 6.07 Å². The summed E-state index contributed by atoms with van der Waals surface area (Å²) in [5, 5.41) is 0. The molecule has 0 fully saturated rings. The van der Waals surface area contributed by atoms with Gasteiger partial charge in [-0.25, -0.2) is 4.98 Å². The SMILES string of the molecule is CC(C)c1nc(-c2ccc(C(F)(F)F)cc2C(F)(F)F)co1. The molecule has 0 atom stereocenters. The lowest BCUT2D eigenvalue weighted by atomic mass is 10.0. The predicted molar refractivity (Wildman–Crippen MR) is 66.0 cm³/mol. The lowest BCUT2D eigenvalue weighted by Gasteiger charge is -2.14. The molecular formula is C14H11F6NO. The zero-order valence-electron chi connectivity index (χ0n) is 11.5. The molecule has 0 radical (unpaired) electrons. The van der Waals surface area contributed by atoms with Crippen molar-refractivity contribution in [3.05, 3.63) is 41.5 Å². The summed E-state index contributed by atoms with van der Waals surface area (Å²) in [4.78, 5) is 3.90. The minimum Gasteiger partial charge on any atom is -0.448 e. The van der Waals surface area contributed by atoms with E-state index in [1.165, 1.54) is 0 Å². The quantitative estimate of drug-likeness (QED) is 0.682. The molecule has 1 heterocycles. The first-order valence-electron chi connectivity index (χ1n) is 6.24. The lowest BCUT2D eigenvalue weighted by molar-refractivity contribution is -0.142. The second-order valence-corrected chi connectivity index (χ2v) is 4.98. The fourth-order valence-corrected chi connectivity index (χ4v) is 1.85. The van der Waals surface area contributed by atoms with E-state index in [1.54, 1.807) is 13.8 Å². The molecule has 0 amide bonds. The Balaban J connectivity index is 2.60. The Morgan fingerprint density at radius 3 is 2.09 bits per heavy atom. The van der Waals surface area contributed by atoms with Gasteiger partial charge in [0.15, 0.2) is 5.89 Å². The molecule has 0 aliphatic rings. The van der Waals surface area contributed by atoms with Crippen LogP contribution in [0.3, 0.4) is 0 Å². The Labute approximate surface area is 121 Å². The van der Waals surface area contributed by atoms with Crippen molar-refractivity contribution in [2.75, 3.05) is 0 Å². The van der Waals surface area contributed by atoms with Gasteiger partial charge in [0.1, 0.15) is 12.0 Å². The van der Waals surface area contributed by atoms with E-state index < -0.39 is 29.0 Å². The van der Waals surface area contributed by atoms with Crippen LogP contribution in [0, 0.1) is 0 Å². The predicted octanol–water partition coefficient (Wildman–Crippen LogP) is 5.50. The highest BCUT2D eigenvalue weighted by Gasteiger charge is 2.38. The maximum Gasteiger partial charge on any atom is 0.417 e. The highest BCUT2D eigenvalue weighted by molar-refractivity contribution is 5.64. The number of benzene rings is 1. The van der Waals surface area contributed by atoms with E-state index >= 15 is 0 Å². The lowest BCUT2D eigenvalue weighted by Crippen LogP contribution is -2.12. The van der Waals surface area contributed by atoms with Crippen LogP contribution in [-0.4, -0.2) is 4.98 Å². The summed E-state index contributed by atoms with van der Waals surface area (Å²) in [6, 6.07) is 1.43. The van der Waals surface area contributed by atoms with Crippen molar-refractivity contribution >= 4 is 0 Å². The van der Waals surface area contributed by atoms with Crippen LogP contribution in [0.15, 0.2) is 28.9 Å². The summed E-state index contributed by atoms with van der Waals surface area (Å²) in [6.45, 7) is 3.46. The van der Waals surface area contributed by atoms with E-state index in [1.807, 2.05) is 0 Å². The number of oxazole rings is 1. The first-order chi connectivity index (χ1) is 10.00. The van der Waals surface area contributed by atoms with E-state index in [2.05, 4.69) is 4.98 Å². The van der Waals surface area contributed by atoms with Gasteiger partial charge in [-0.3, -0.25) is 0 Å². The van der Waals surface area contributed by atoms with Crippen molar-refractivity contribution < 1.29 is 30.8 Å². The molecule has 22 heavy (non-hydrogen) atoms. The molecule has 0 saturated heterocycles. The zero-order chi connectivity index (χ0) is 16.7. The van der Waals surface area contributed by atoms with Crippen LogP contribution in [0.1, 0.15) is 36.8 Å². The second kappa shape index (κ2) is 5.33. The van der Waals surface area contributed by atoms with Gasteiger partial charge in [-0.15, -0.1) is 0 Å². The first-order valence-corrected chi connectivity index (χ1v) is 6.24. The highest BCUT2D eigenvalue weighted by atomic mass is 19.4. The standard InChI is InChI=1S/C14H11F6NO/c1-7(2)12-21-11(6-22-12)9-4-3-8(13(15,16)17)5-10(9)14(18,19)20/h3-7H,1-2H3. The fourth-order valence-electron chi connectivity index (χ4n) is 1.85. The molecule has 0 unspecified atom stereocenters. The molecule has 2 nitrogen and oxygen atoms in total. The van der Waals surface area contributed by atoms with Crippen LogP contribution < -0.4 is 0 Å². The van der Waals surface area contributed by atoms with Crippen LogP contribution in [0.5, 0.6) is 0 Å². The van der Waals surface area contributed by atoms with Gasteiger partial charge in [-0.05, 0) is 12.1 Å². The number of halogens is 6. The number of hydrogen-bond acceptors (Lipinski definition) is 2. The molecule has 2 aromatic rings. The Morgan fingerprint density at radius 1 is 1.00 bits per heavy atom. The van der Waals surface area contributed by atoms with Gasteiger partial charge in [-0.1, -0.05) is 19.9 Å². The van der Waals surface area contributed by atoms with Gasteiger partial charge in [0, 0.05) is 11.5 Å². The molecular weight excluding hydrogens is 312 g/mol. The second-order valence-electron chi connectivity index (χ2n) is 4.98. The molecule has 1 aromatic heterocycles. The molecule has 2 rings (SSSR count). The Bertz CT molecular complexity index is 669. The average molecular weight is 323 g/mol. The third-order valence-corrected chi connectivity index (χ3v) is 2.94. The average Bonchev–Trinajstić information content (AvgIpc) is 2.85. The van der Waals surface area contributed by atoms with Crippen LogP contribution in [-0.2, 0) is 12.4 Å². The van der Waals surface area contributed by atoms with Gasteiger partial charge in [0.25, 0.3) is 0 Å². The van der Waals surface area contributed by atoms with Crippen molar-refractivity contribution in [2.24, 2.45) is 0 Å². The summed E-state index contributed by atoms with van der Waals surface area (Å²) < 4.78 is 82.0. The van der Waals surface area contributed by atoms with Crippen molar-refractivity contribution in [1.29, 1.82) is 0 Å². The highest BCUT2D eigenvalue weighted by Crippen LogP contribution is 2.40. The Morgan fingerprint density at radius 2 is 1.64 bits per heavy atom. The molecule has 0 saturated carbocycles. The van der Waals surface area contributed by atoms with E-state index in [-0.39, 0.29) is 23.6 Å². The number of alkyl halides is 6. The molecule has 0 spiro atoms. The summed E-state index contributed by atoms with van der Waals surface area (Å²) >= 11 is 0. The number of aromatic nitrogens is 1. The molecule has 0 aliphatic carbocycles. The van der Waals surface area contributed by atoms with Crippen molar-refractivity contribution in [3.8, 4) is 11.3 Å². The topological polar surface area (TPSA) is 26.0 Å². The summed E-state index contributed by atoms with van der Waals surface area (Å²) in [5.41, 5.74) is -3.36. The van der Waals surface area contributed by atoms with Crippen molar-refractivity contribution in [3.63, 3.8) is 0 Å². The fraction of sp³-hybridized carbons (Fsp3) is 0.357. The van der Waals surface area contributed by atoms with Gasteiger partial charge in [-0.2, -0.15) is 26.3 Å². The van der Waals surface area contributed by atoms with E-state index in [4.69, 9.17) is 4.42 Å². The maximum atomic E-state index is 13.0. The third kappa shape index (κ3) is 3.26. The normalized spacial score (nSPS) is 13.0. The van der Waals surface area contributed by atoms with Crippen molar-refractivity contribution in [2.45, 2.75) is 32.1 Å². The zero-order valence-corrected chi connectivity index (χ0v) is 11.5. The monoisotopic (exact) mass is 323 g/mol. The molecule has 0 bridgehead atoms. The van der Waals surface area contributed by atoms with Crippen LogP contribution >= 0.6 is 0 Å². The summed E-state index contributed by atoms with van der Waals surface area (Å²) in [7, 11) is 0. The number of hydrogen-bond donors (Lipinski definition) is 0. The Kier molecular flexibility index (Phi) is 3.97. The number of nitrogens with zero attached hydrogens (tertiary/aromatic N) is 1. The molecule has 1 aromatic carbocycles. The summed E-state index contributed by atoms with van der Waals surface area (Å²) in [6.07, 6.45) is -8.79. The third-order valence-electron chi connectivity index (χ3n) is 2.94. The molecule has 0 N–H and O–H groups in total. The minimum absolute atomic E-state index is 0.0824. The van der Waals surface area contributed by atoms with E-state index in [0.717, 1.165) is 12.3 Å². The minimum atomic E-state index is -4.94. The molecule has 8 heteroatoms.